The van der Waals surface area contributed by atoms with E-state index < -0.39 is 23.2 Å². The lowest BCUT2D eigenvalue weighted by Crippen LogP contribution is -2.39. The van der Waals surface area contributed by atoms with Crippen LogP contribution in [0.1, 0.15) is 30.5 Å². The molecular weight excluding hydrogens is 368 g/mol. The molecule has 1 aromatic heterocycles. The number of amides is 1. The van der Waals surface area contributed by atoms with E-state index in [0.29, 0.717) is 5.56 Å². The minimum atomic E-state index is -0.702. The predicted molar refractivity (Wildman–Crippen MR) is 99.7 cm³/mol. The van der Waals surface area contributed by atoms with Crippen molar-refractivity contribution >= 4 is 11.6 Å². The zero-order chi connectivity index (χ0) is 20.7. The second kappa shape index (κ2) is 6.87. The molecule has 0 saturated heterocycles. The first-order valence-corrected chi connectivity index (χ1v) is 8.40. The minimum absolute atomic E-state index is 0.0515. The summed E-state index contributed by atoms with van der Waals surface area (Å²) in [4.78, 5) is 36.7. The molecule has 10 nitrogen and oxygen atoms in total. The molecule has 0 aliphatic carbocycles. The van der Waals surface area contributed by atoms with E-state index in [2.05, 4.69) is 5.10 Å². The van der Waals surface area contributed by atoms with E-state index in [1.807, 2.05) is 0 Å². The number of hydrogen-bond acceptors (Lipinski definition) is 7. The normalized spacial score (nSPS) is 16.2. The summed E-state index contributed by atoms with van der Waals surface area (Å²) < 4.78 is 6.92. The molecule has 1 aromatic carbocycles. The molecule has 0 spiro atoms. The van der Waals surface area contributed by atoms with Crippen LogP contribution in [0.2, 0.25) is 0 Å². The fourth-order valence-electron chi connectivity index (χ4n) is 3.20. The molecule has 10 heteroatoms. The monoisotopic (exact) mass is 388 g/mol. The molecule has 0 fully saturated rings. The van der Waals surface area contributed by atoms with Gasteiger partial charge in [0.25, 0.3) is 5.56 Å². The summed E-state index contributed by atoms with van der Waals surface area (Å²) in [5.74, 6) is -0.702. The number of hydrazone groups is 1. The maximum absolute atomic E-state index is 12.6. The van der Waals surface area contributed by atoms with Crippen molar-refractivity contribution in [1.29, 1.82) is 0 Å². The number of methoxy groups -OCH3 is 1. The van der Waals surface area contributed by atoms with Gasteiger partial charge < -0.3 is 14.9 Å². The third-order valence-corrected chi connectivity index (χ3v) is 4.74. The number of phenolic OH excluding ortho intramolecular Hbond substituents is 1. The largest absolute Gasteiger partial charge is 0.504 e. The summed E-state index contributed by atoms with van der Waals surface area (Å²) in [6.45, 7) is 1.33. The van der Waals surface area contributed by atoms with Gasteiger partial charge in [-0.3, -0.25) is 18.7 Å². The topological polar surface area (TPSA) is 126 Å². The van der Waals surface area contributed by atoms with Crippen LogP contribution in [0.4, 0.5) is 0 Å². The van der Waals surface area contributed by atoms with Crippen LogP contribution in [-0.2, 0) is 18.9 Å². The number of aromatic nitrogens is 2. The van der Waals surface area contributed by atoms with Crippen molar-refractivity contribution in [2.24, 2.45) is 19.2 Å². The Balaban J connectivity index is 2.13. The van der Waals surface area contributed by atoms with Crippen molar-refractivity contribution in [3.63, 3.8) is 0 Å². The second-order valence-electron chi connectivity index (χ2n) is 6.47. The van der Waals surface area contributed by atoms with Gasteiger partial charge in [-0.15, -0.1) is 0 Å². The predicted octanol–water partition coefficient (Wildman–Crippen LogP) is 0.201. The van der Waals surface area contributed by atoms with Gasteiger partial charge in [0.05, 0.1) is 18.9 Å². The molecule has 2 aromatic rings. The molecule has 1 aliphatic heterocycles. The number of carbonyl (C=O) groups excluding carboxylic acids is 1. The van der Waals surface area contributed by atoms with Crippen LogP contribution >= 0.6 is 0 Å². The Hall–Kier alpha value is -3.56. The van der Waals surface area contributed by atoms with Crippen LogP contribution in [0.15, 0.2) is 32.9 Å². The minimum Gasteiger partial charge on any atom is -0.504 e. The Bertz CT molecular complexity index is 1110. The average Bonchev–Trinajstić information content (AvgIpc) is 3.10. The van der Waals surface area contributed by atoms with Crippen LogP contribution in [0.3, 0.4) is 0 Å². The van der Waals surface area contributed by atoms with Gasteiger partial charge in [0, 0.05) is 27.4 Å². The highest BCUT2D eigenvalue weighted by molar-refractivity contribution is 6.04. The number of benzene rings is 1. The second-order valence-corrected chi connectivity index (χ2v) is 6.47. The van der Waals surface area contributed by atoms with Gasteiger partial charge in [-0.25, -0.2) is 9.80 Å². The molecule has 148 valence electrons. The van der Waals surface area contributed by atoms with Crippen molar-refractivity contribution in [3.05, 3.63) is 50.2 Å². The number of nitrogens with zero attached hydrogens (tertiary/aromatic N) is 4. The van der Waals surface area contributed by atoms with Crippen molar-refractivity contribution in [2.75, 3.05) is 7.11 Å². The van der Waals surface area contributed by atoms with E-state index in [1.54, 1.807) is 12.1 Å². The summed E-state index contributed by atoms with van der Waals surface area (Å²) in [5.41, 5.74) is -0.699. The third-order valence-electron chi connectivity index (χ3n) is 4.74. The molecule has 0 bridgehead atoms. The van der Waals surface area contributed by atoms with E-state index in [4.69, 9.17) is 4.74 Å². The molecule has 0 unspecified atom stereocenters. The Morgan fingerprint density at radius 2 is 1.89 bits per heavy atom. The van der Waals surface area contributed by atoms with Crippen LogP contribution < -0.4 is 16.0 Å². The fourth-order valence-corrected chi connectivity index (χ4v) is 3.20. The summed E-state index contributed by atoms with van der Waals surface area (Å²) in [6, 6.07) is 4.07. The maximum atomic E-state index is 12.6. The van der Waals surface area contributed by atoms with Crippen molar-refractivity contribution < 1.29 is 19.7 Å². The summed E-state index contributed by atoms with van der Waals surface area (Å²) >= 11 is 0. The highest BCUT2D eigenvalue weighted by atomic mass is 16.5. The van der Waals surface area contributed by atoms with Crippen molar-refractivity contribution in [1.82, 2.24) is 14.1 Å². The molecule has 2 N–H and O–H groups in total. The van der Waals surface area contributed by atoms with Gasteiger partial charge in [0.1, 0.15) is 5.56 Å². The molecule has 0 saturated carbocycles. The fraction of sp³-hybridized carbons (Fsp3) is 0.333. The van der Waals surface area contributed by atoms with Gasteiger partial charge in [-0.05, 0) is 17.7 Å². The zero-order valence-electron chi connectivity index (χ0n) is 15.8. The highest BCUT2D eigenvalue weighted by Gasteiger charge is 2.35. The first-order valence-electron chi connectivity index (χ1n) is 8.40. The lowest BCUT2D eigenvalue weighted by atomic mass is 9.98. The van der Waals surface area contributed by atoms with Gasteiger partial charge in [0.2, 0.25) is 11.8 Å². The number of rotatable bonds is 3. The Morgan fingerprint density at radius 1 is 1.21 bits per heavy atom. The molecular formula is C18H20N4O6. The van der Waals surface area contributed by atoms with Crippen LogP contribution in [0.5, 0.6) is 17.4 Å². The van der Waals surface area contributed by atoms with Gasteiger partial charge in [0.15, 0.2) is 11.5 Å². The van der Waals surface area contributed by atoms with Gasteiger partial charge in [-0.1, -0.05) is 6.07 Å². The smallest absolute Gasteiger partial charge is 0.333 e. The van der Waals surface area contributed by atoms with Crippen LogP contribution in [0, 0.1) is 0 Å². The molecule has 3 rings (SSSR count). The summed E-state index contributed by atoms with van der Waals surface area (Å²) in [6.07, 6.45) is 0.133. The maximum Gasteiger partial charge on any atom is 0.333 e. The number of ether oxygens (including phenoxy) is 1. The van der Waals surface area contributed by atoms with E-state index in [1.165, 1.54) is 39.2 Å². The molecule has 2 heterocycles. The number of phenols is 1. The molecule has 28 heavy (non-hydrogen) atoms. The summed E-state index contributed by atoms with van der Waals surface area (Å²) in [7, 11) is 4.04. The highest BCUT2D eigenvalue weighted by Crippen LogP contribution is 2.37. The van der Waals surface area contributed by atoms with E-state index in [0.717, 1.165) is 9.13 Å². The van der Waals surface area contributed by atoms with Crippen molar-refractivity contribution in [3.8, 4) is 17.4 Å². The molecule has 1 aliphatic rings. The zero-order valence-corrected chi connectivity index (χ0v) is 15.8. The van der Waals surface area contributed by atoms with Gasteiger partial charge >= 0.3 is 5.69 Å². The molecule has 0 radical (unpaired) electrons. The molecule has 1 atom stereocenters. The van der Waals surface area contributed by atoms with Crippen molar-refractivity contribution in [2.45, 2.75) is 19.4 Å². The number of hydrogen-bond donors (Lipinski definition) is 2. The first-order chi connectivity index (χ1) is 13.2. The van der Waals surface area contributed by atoms with Gasteiger partial charge in [-0.2, -0.15) is 5.10 Å². The van der Waals surface area contributed by atoms with Crippen LogP contribution in [-0.4, -0.2) is 43.1 Å². The summed E-state index contributed by atoms with van der Waals surface area (Å²) in [5, 5.41) is 25.6. The Morgan fingerprint density at radius 3 is 2.50 bits per heavy atom. The quantitative estimate of drug-likeness (QED) is 0.774. The number of carbonyl (C=O) groups is 1. The first kappa shape index (κ1) is 19.2. The lowest BCUT2D eigenvalue weighted by molar-refractivity contribution is -0.130. The number of aromatic hydroxyl groups is 2. The van der Waals surface area contributed by atoms with E-state index in [-0.39, 0.29) is 35.1 Å². The standard InChI is InChI=1S/C18H20N4O6/c1-9(23)22-12(10-5-6-13(24)14(7-10)28-4)8-11(19-22)15-16(25)20(2)18(27)21(3)17(15)26/h5-7,12,24-25H,8H2,1-4H3/t12-/m0/s1. The SMILES string of the molecule is COc1cc([C@@H]2CC(c3c(O)n(C)c(=O)n(C)c3=O)=NN2C(C)=O)ccc1O. The van der Waals surface area contributed by atoms with E-state index in [9.17, 15) is 24.6 Å². The average molecular weight is 388 g/mol. The molecule has 1 amide bonds. The Labute approximate surface area is 159 Å². The lowest BCUT2D eigenvalue weighted by Gasteiger charge is -2.21. The van der Waals surface area contributed by atoms with Crippen LogP contribution in [0.25, 0.3) is 0 Å². The van der Waals surface area contributed by atoms with E-state index >= 15 is 0 Å². The third kappa shape index (κ3) is 2.92. The Kier molecular flexibility index (Phi) is 4.72.